The van der Waals surface area contributed by atoms with E-state index in [0.717, 1.165) is 31.3 Å². The predicted octanol–water partition coefficient (Wildman–Crippen LogP) is 1.58. The van der Waals surface area contributed by atoms with Crippen LogP contribution in [0.25, 0.3) is 0 Å². The second kappa shape index (κ2) is 8.11. The molecule has 1 aromatic heterocycles. The van der Waals surface area contributed by atoms with Crippen LogP contribution in [0.5, 0.6) is 5.75 Å². The number of nitriles is 1. The maximum atomic E-state index is 10.2. The molecule has 6 nitrogen and oxygen atoms in total. The number of piperazine rings is 1. The Hall–Kier alpha value is -2.14. The van der Waals surface area contributed by atoms with Gasteiger partial charge in [-0.2, -0.15) is 5.26 Å². The Bertz CT molecular complexity index is 661. The molecule has 1 saturated heterocycles. The summed E-state index contributed by atoms with van der Waals surface area (Å²) >= 11 is 1.66. The number of aromatic nitrogens is 1. The molecule has 1 aliphatic rings. The number of aliphatic hydroxyl groups excluding tert-OH is 1. The molecule has 0 saturated carbocycles. The Kier molecular flexibility index (Phi) is 5.64. The number of nitrogens with zero attached hydrogens (tertiary/aromatic N) is 4. The fraction of sp³-hybridized carbons (Fsp3) is 0.412. The predicted molar refractivity (Wildman–Crippen MR) is 93.4 cm³/mol. The number of hydrogen-bond acceptors (Lipinski definition) is 7. The molecule has 126 valence electrons. The molecule has 1 N–H and O–H groups in total. The van der Waals surface area contributed by atoms with Crippen LogP contribution in [-0.4, -0.2) is 60.4 Å². The van der Waals surface area contributed by atoms with Crippen LogP contribution < -0.4 is 9.64 Å². The van der Waals surface area contributed by atoms with Gasteiger partial charge < -0.3 is 14.7 Å². The van der Waals surface area contributed by atoms with Crippen molar-refractivity contribution in [3.8, 4) is 11.8 Å². The standard InChI is InChI=1S/C17H20N4O2S/c18-11-14-1-3-16(4-2-14)23-13-15(22)12-20-6-8-21(9-7-20)17-19-5-10-24-17/h1-5,10,15,22H,6-9,12-13H2. The van der Waals surface area contributed by atoms with Gasteiger partial charge in [-0.15, -0.1) is 11.3 Å². The minimum Gasteiger partial charge on any atom is -0.491 e. The average molecular weight is 344 g/mol. The first-order chi connectivity index (χ1) is 11.7. The van der Waals surface area contributed by atoms with E-state index in [1.54, 1.807) is 35.6 Å². The van der Waals surface area contributed by atoms with Crippen molar-refractivity contribution in [1.29, 1.82) is 5.26 Å². The number of rotatable bonds is 6. The van der Waals surface area contributed by atoms with Crippen molar-refractivity contribution in [3.63, 3.8) is 0 Å². The number of ether oxygens (including phenoxy) is 1. The van der Waals surface area contributed by atoms with Crippen molar-refractivity contribution < 1.29 is 9.84 Å². The minimum absolute atomic E-state index is 0.249. The molecule has 0 amide bonds. The Balaban J connectivity index is 1.39. The molecular formula is C17H20N4O2S. The van der Waals surface area contributed by atoms with Gasteiger partial charge in [-0.05, 0) is 24.3 Å². The second-order valence-corrected chi connectivity index (χ2v) is 6.58. The fourth-order valence-electron chi connectivity index (χ4n) is 2.66. The van der Waals surface area contributed by atoms with Crippen molar-refractivity contribution in [1.82, 2.24) is 9.88 Å². The van der Waals surface area contributed by atoms with Gasteiger partial charge in [-0.3, -0.25) is 4.90 Å². The van der Waals surface area contributed by atoms with Gasteiger partial charge >= 0.3 is 0 Å². The van der Waals surface area contributed by atoms with E-state index in [2.05, 4.69) is 20.9 Å². The Morgan fingerprint density at radius 3 is 2.62 bits per heavy atom. The van der Waals surface area contributed by atoms with Gasteiger partial charge in [0.1, 0.15) is 18.5 Å². The number of aliphatic hydroxyl groups is 1. The van der Waals surface area contributed by atoms with Gasteiger partial charge in [-0.1, -0.05) is 0 Å². The van der Waals surface area contributed by atoms with E-state index < -0.39 is 6.10 Å². The number of anilines is 1. The number of hydrogen-bond donors (Lipinski definition) is 1. The molecule has 0 aliphatic carbocycles. The van der Waals surface area contributed by atoms with E-state index in [-0.39, 0.29) is 6.61 Å². The van der Waals surface area contributed by atoms with Crippen LogP contribution in [0.1, 0.15) is 5.56 Å². The first-order valence-electron chi connectivity index (χ1n) is 7.92. The van der Waals surface area contributed by atoms with Gasteiger partial charge in [0.2, 0.25) is 0 Å². The summed E-state index contributed by atoms with van der Waals surface area (Å²) in [5.74, 6) is 0.668. The summed E-state index contributed by atoms with van der Waals surface area (Å²) in [7, 11) is 0. The third-order valence-electron chi connectivity index (χ3n) is 3.96. The zero-order chi connectivity index (χ0) is 16.8. The van der Waals surface area contributed by atoms with Gasteiger partial charge in [-0.25, -0.2) is 4.98 Å². The van der Waals surface area contributed by atoms with Gasteiger partial charge in [0, 0.05) is 44.3 Å². The van der Waals surface area contributed by atoms with E-state index >= 15 is 0 Å². The largest absolute Gasteiger partial charge is 0.491 e. The summed E-state index contributed by atoms with van der Waals surface area (Å²) in [5, 5.41) is 22.0. The number of β-amino-alcohol motifs (C(OH)–C–C–N with tert-alkyl or cyclic N) is 1. The normalized spacial score (nSPS) is 16.6. The molecule has 0 spiro atoms. The average Bonchev–Trinajstić information content (AvgIpc) is 3.16. The lowest BCUT2D eigenvalue weighted by Crippen LogP contribution is -2.49. The molecule has 3 rings (SSSR count). The summed E-state index contributed by atoms with van der Waals surface area (Å²) in [6.45, 7) is 4.52. The molecular weight excluding hydrogens is 324 g/mol. The quantitative estimate of drug-likeness (QED) is 0.858. The SMILES string of the molecule is N#Cc1ccc(OCC(O)CN2CCN(c3nccs3)CC2)cc1. The maximum absolute atomic E-state index is 10.2. The van der Waals surface area contributed by atoms with Gasteiger partial charge in [0.05, 0.1) is 11.6 Å². The highest BCUT2D eigenvalue weighted by Crippen LogP contribution is 2.19. The molecule has 0 bridgehead atoms. The maximum Gasteiger partial charge on any atom is 0.185 e. The molecule has 1 aliphatic heterocycles. The lowest BCUT2D eigenvalue weighted by atomic mass is 10.2. The Morgan fingerprint density at radius 1 is 1.25 bits per heavy atom. The Labute approximate surface area is 145 Å². The fourth-order valence-corrected chi connectivity index (χ4v) is 3.36. The topological polar surface area (TPSA) is 72.6 Å². The molecule has 1 fully saturated rings. The zero-order valence-electron chi connectivity index (χ0n) is 13.3. The molecule has 0 radical (unpaired) electrons. The molecule has 2 heterocycles. The molecule has 1 atom stereocenters. The van der Waals surface area contributed by atoms with E-state index in [0.29, 0.717) is 17.9 Å². The minimum atomic E-state index is -0.535. The summed E-state index contributed by atoms with van der Waals surface area (Å²) in [6.07, 6.45) is 1.29. The lowest BCUT2D eigenvalue weighted by Gasteiger charge is -2.35. The molecule has 2 aromatic rings. The highest BCUT2D eigenvalue weighted by molar-refractivity contribution is 7.13. The third-order valence-corrected chi connectivity index (χ3v) is 4.79. The van der Waals surface area contributed by atoms with E-state index in [9.17, 15) is 5.11 Å². The van der Waals surface area contributed by atoms with Crippen molar-refractivity contribution >= 4 is 16.5 Å². The second-order valence-electron chi connectivity index (χ2n) is 5.70. The van der Waals surface area contributed by atoms with Crippen LogP contribution in [0.15, 0.2) is 35.8 Å². The van der Waals surface area contributed by atoms with E-state index in [4.69, 9.17) is 10.00 Å². The van der Waals surface area contributed by atoms with Crippen LogP contribution in [0.4, 0.5) is 5.13 Å². The lowest BCUT2D eigenvalue weighted by molar-refractivity contribution is 0.0663. The highest BCUT2D eigenvalue weighted by atomic mass is 32.1. The molecule has 1 unspecified atom stereocenters. The van der Waals surface area contributed by atoms with Crippen LogP contribution in [-0.2, 0) is 0 Å². The van der Waals surface area contributed by atoms with Crippen LogP contribution in [0.3, 0.4) is 0 Å². The van der Waals surface area contributed by atoms with E-state index in [1.807, 2.05) is 11.6 Å². The van der Waals surface area contributed by atoms with E-state index in [1.165, 1.54) is 0 Å². The van der Waals surface area contributed by atoms with Crippen LogP contribution >= 0.6 is 11.3 Å². The summed E-state index contributed by atoms with van der Waals surface area (Å²) in [6, 6.07) is 8.98. The summed E-state index contributed by atoms with van der Waals surface area (Å²) < 4.78 is 5.58. The number of thiazole rings is 1. The summed E-state index contributed by atoms with van der Waals surface area (Å²) in [4.78, 5) is 8.86. The molecule has 24 heavy (non-hydrogen) atoms. The molecule has 1 aromatic carbocycles. The van der Waals surface area contributed by atoms with Crippen molar-refractivity contribution in [2.45, 2.75) is 6.10 Å². The van der Waals surface area contributed by atoms with Gasteiger partial charge in [0.15, 0.2) is 5.13 Å². The van der Waals surface area contributed by atoms with Crippen LogP contribution in [0, 0.1) is 11.3 Å². The first-order valence-corrected chi connectivity index (χ1v) is 8.80. The molecule has 7 heteroatoms. The number of benzene rings is 1. The van der Waals surface area contributed by atoms with Crippen molar-refractivity contribution in [2.24, 2.45) is 0 Å². The third kappa shape index (κ3) is 4.45. The highest BCUT2D eigenvalue weighted by Gasteiger charge is 2.20. The van der Waals surface area contributed by atoms with Crippen molar-refractivity contribution in [3.05, 3.63) is 41.4 Å². The van der Waals surface area contributed by atoms with Gasteiger partial charge in [0.25, 0.3) is 0 Å². The smallest absolute Gasteiger partial charge is 0.185 e. The monoisotopic (exact) mass is 344 g/mol. The Morgan fingerprint density at radius 2 is 2.00 bits per heavy atom. The van der Waals surface area contributed by atoms with Crippen LogP contribution in [0.2, 0.25) is 0 Å². The van der Waals surface area contributed by atoms with Crippen molar-refractivity contribution in [2.75, 3.05) is 44.2 Å². The summed E-state index contributed by atoms with van der Waals surface area (Å²) in [5.41, 5.74) is 0.598. The first kappa shape index (κ1) is 16.7. The zero-order valence-corrected chi connectivity index (χ0v) is 14.2.